The predicted octanol–water partition coefficient (Wildman–Crippen LogP) is 2.09. The summed E-state index contributed by atoms with van der Waals surface area (Å²) >= 11 is 0. The maximum absolute atomic E-state index is 11.6. The van der Waals surface area contributed by atoms with Crippen molar-refractivity contribution in [3.63, 3.8) is 0 Å². The van der Waals surface area contributed by atoms with Gasteiger partial charge in [0.1, 0.15) is 0 Å². The van der Waals surface area contributed by atoms with Crippen LogP contribution >= 0.6 is 0 Å². The molecule has 0 amide bonds. The van der Waals surface area contributed by atoms with Crippen molar-refractivity contribution < 1.29 is 13.5 Å². The van der Waals surface area contributed by atoms with Gasteiger partial charge in [0.05, 0.1) is 12.4 Å². The highest BCUT2D eigenvalue weighted by Gasteiger charge is 2.27. The Labute approximate surface area is 121 Å². The summed E-state index contributed by atoms with van der Waals surface area (Å²) in [6.45, 7) is 3.14. The van der Waals surface area contributed by atoms with Crippen LogP contribution in [0, 0.1) is 12.8 Å². The Bertz CT molecular complexity index is 556. The van der Waals surface area contributed by atoms with E-state index in [1.54, 1.807) is 0 Å². The van der Waals surface area contributed by atoms with Crippen LogP contribution in [0.4, 0.5) is 0 Å². The molecule has 1 aromatic rings. The first-order valence-electron chi connectivity index (χ1n) is 7.06. The second-order valence-electron chi connectivity index (χ2n) is 5.79. The van der Waals surface area contributed by atoms with Crippen LogP contribution in [0.5, 0.6) is 0 Å². The molecule has 1 fully saturated rings. The summed E-state index contributed by atoms with van der Waals surface area (Å²) in [5.74, 6) is 0.231. The molecule has 5 heteroatoms. The standard InChI is InChI=1S/C15H23NO3S/c1-12-5-3-7-14(9-12)15(17)10-13-6-4-8-16(11-13)20(2,18)19/h3,5,7,9,13,15,17H,4,6,8,10-11H2,1-2H3. The molecule has 0 spiro atoms. The van der Waals surface area contributed by atoms with Gasteiger partial charge < -0.3 is 5.11 Å². The third kappa shape index (κ3) is 4.04. The van der Waals surface area contributed by atoms with E-state index in [9.17, 15) is 13.5 Å². The van der Waals surface area contributed by atoms with Gasteiger partial charge in [-0.2, -0.15) is 0 Å². The van der Waals surface area contributed by atoms with E-state index in [2.05, 4.69) is 0 Å². The minimum absolute atomic E-state index is 0.231. The van der Waals surface area contributed by atoms with Crippen LogP contribution < -0.4 is 0 Å². The van der Waals surface area contributed by atoms with E-state index < -0.39 is 16.1 Å². The monoisotopic (exact) mass is 297 g/mol. The Morgan fingerprint density at radius 3 is 2.85 bits per heavy atom. The van der Waals surface area contributed by atoms with Gasteiger partial charge in [-0.1, -0.05) is 29.8 Å². The molecule has 1 aliphatic rings. The number of sulfonamides is 1. The molecule has 1 heterocycles. The maximum Gasteiger partial charge on any atom is 0.211 e. The Morgan fingerprint density at radius 2 is 2.20 bits per heavy atom. The number of nitrogens with zero attached hydrogens (tertiary/aromatic N) is 1. The van der Waals surface area contributed by atoms with Crippen LogP contribution in [0.3, 0.4) is 0 Å². The lowest BCUT2D eigenvalue weighted by atomic mass is 9.90. The summed E-state index contributed by atoms with van der Waals surface area (Å²) in [4.78, 5) is 0. The van der Waals surface area contributed by atoms with Gasteiger partial charge in [-0.05, 0) is 37.7 Å². The van der Waals surface area contributed by atoms with Crippen molar-refractivity contribution in [2.75, 3.05) is 19.3 Å². The molecule has 1 saturated heterocycles. The number of hydrogen-bond acceptors (Lipinski definition) is 3. The number of piperidine rings is 1. The molecule has 1 aliphatic heterocycles. The van der Waals surface area contributed by atoms with E-state index >= 15 is 0 Å². The van der Waals surface area contributed by atoms with Gasteiger partial charge in [0.2, 0.25) is 10.0 Å². The topological polar surface area (TPSA) is 57.6 Å². The number of rotatable bonds is 4. The zero-order valence-electron chi connectivity index (χ0n) is 12.1. The van der Waals surface area contributed by atoms with Crippen molar-refractivity contribution >= 4 is 10.0 Å². The van der Waals surface area contributed by atoms with Crippen LogP contribution in [0.15, 0.2) is 24.3 Å². The lowest BCUT2D eigenvalue weighted by molar-refractivity contribution is 0.123. The van der Waals surface area contributed by atoms with E-state index in [-0.39, 0.29) is 5.92 Å². The van der Waals surface area contributed by atoms with Gasteiger partial charge in [0.25, 0.3) is 0 Å². The first-order valence-corrected chi connectivity index (χ1v) is 8.91. The number of aryl methyl sites for hydroxylation is 1. The molecule has 1 aromatic carbocycles. The van der Waals surface area contributed by atoms with E-state index in [0.717, 1.165) is 24.0 Å². The van der Waals surface area contributed by atoms with Crippen LogP contribution in [0.1, 0.15) is 36.5 Å². The molecule has 1 N–H and O–H groups in total. The fraction of sp³-hybridized carbons (Fsp3) is 0.600. The summed E-state index contributed by atoms with van der Waals surface area (Å²) < 4.78 is 24.7. The Balaban J connectivity index is 1.99. The van der Waals surface area contributed by atoms with Gasteiger partial charge in [0.15, 0.2) is 0 Å². The first kappa shape index (κ1) is 15.5. The van der Waals surface area contributed by atoms with Crippen molar-refractivity contribution in [2.45, 2.75) is 32.3 Å². The predicted molar refractivity (Wildman–Crippen MR) is 79.9 cm³/mol. The van der Waals surface area contributed by atoms with Gasteiger partial charge in [-0.3, -0.25) is 0 Å². The smallest absolute Gasteiger partial charge is 0.211 e. The molecule has 112 valence electrons. The van der Waals surface area contributed by atoms with Crippen molar-refractivity contribution in [1.82, 2.24) is 4.31 Å². The van der Waals surface area contributed by atoms with Gasteiger partial charge in [-0.25, -0.2) is 12.7 Å². The highest BCUT2D eigenvalue weighted by molar-refractivity contribution is 7.88. The molecule has 4 nitrogen and oxygen atoms in total. The number of hydrogen-bond donors (Lipinski definition) is 1. The van der Waals surface area contributed by atoms with E-state index in [0.29, 0.717) is 19.5 Å². The lowest BCUT2D eigenvalue weighted by Gasteiger charge is -2.32. The second kappa shape index (κ2) is 6.24. The molecule has 0 radical (unpaired) electrons. The summed E-state index contributed by atoms with van der Waals surface area (Å²) in [5, 5.41) is 10.3. The quantitative estimate of drug-likeness (QED) is 0.926. The molecule has 20 heavy (non-hydrogen) atoms. The van der Waals surface area contributed by atoms with Crippen LogP contribution in [-0.2, 0) is 10.0 Å². The van der Waals surface area contributed by atoms with Gasteiger partial charge in [-0.15, -0.1) is 0 Å². The van der Waals surface area contributed by atoms with Crippen molar-refractivity contribution in [2.24, 2.45) is 5.92 Å². The summed E-state index contributed by atoms with van der Waals surface area (Å²) in [6.07, 6.45) is 3.22. The molecule has 0 saturated carbocycles. The Kier molecular flexibility index (Phi) is 4.83. The highest BCUT2D eigenvalue weighted by atomic mass is 32.2. The average Bonchev–Trinajstić information content (AvgIpc) is 2.38. The molecule has 2 rings (SSSR count). The third-order valence-corrected chi connectivity index (χ3v) is 5.20. The number of aliphatic hydroxyl groups is 1. The van der Waals surface area contributed by atoms with Crippen LogP contribution in [-0.4, -0.2) is 37.2 Å². The van der Waals surface area contributed by atoms with Crippen molar-refractivity contribution in [1.29, 1.82) is 0 Å². The molecule has 2 unspecified atom stereocenters. The molecular weight excluding hydrogens is 274 g/mol. The number of aliphatic hydroxyl groups excluding tert-OH is 1. The maximum atomic E-state index is 11.6. The second-order valence-corrected chi connectivity index (χ2v) is 7.78. The molecule has 0 aliphatic carbocycles. The minimum Gasteiger partial charge on any atom is -0.388 e. The zero-order chi connectivity index (χ0) is 14.8. The van der Waals surface area contributed by atoms with Crippen LogP contribution in [0.25, 0.3) is 0 Å². The largest absolute Gasteiger partial charge is 0.388 e. The molecule has 0 aromatic heterocycles. The third-order valence-electron chi connectivity index (χ3n) is 3.93. The average molecular weight is 297 g/mol. The Morgan fingerprint density at radius 1 is 1.45 bits per heavy atom. The summed E-state index contributed by atoms with van der Waals surface area (Å²) in [5.41, 5.74) is 2.05. The number of benzene rings is 1. The molecule has 2 atom stereocenters. The lowest BCUT2D eigenvalue weighted by Crippen LogP contribution is -2.39. The Hall–Kier alpha value is -0.910. The highest BCUT2D eigenvalue weighted by Crippen LogP contribution is 2.28. The van der Waals surface area contributed by atoms with Gasteiger partial charge >= 0.3 is 0 Å². The first-order chi connectivity index (χ1) is 9.36. The summed E-state index contributed by atoms with van der Waals surface area (Å²) in [7, 11) is -3.11. The summed E-state index contributed by atoms with van der Waals surface area (Å²) in [6, 6.07) is 7.86. The minimum atomic E-state index is -3.11. The molecular formula is C15H23NO3S. The fourth-order valence-corrected chi connectivity index (χ4v) is 3.79. The van der Waals surface area contributed by atoms with Crippen molar-refractivity contribution in [3.05, 3.63) is 35.4 Å². The normalized spacial score (nSPS) is 22.6. The zero-order valence-corrected chi connectivity index (χ0v) is 12.9. The van der Waals surface area contributed by atoms with Crippen molar-refractivity contribution in [3.8, 4) is 0 Å². The SMILES string of the molecule is Cc1cccc(C(O)CC2CCCN(S(C)(=O)=O)C2)c1. The molecule has 0 bridgehead atoms. The van der Waals surface area contributed by atoms with E-state index in [1.807, 2.05) is 31.2 Å². The van der Waals surface area contributed by atoms with E-state index in [4.69, 9.17) is 0 Å². The van der Waals surface area contributed by atoms with Crippen LogP contribution in [0.2, 0.25) is 0 Å². The fourth-order valence-electron chi connectivity index (χ4n) is 2.85. The van der Waals surface area contributed by atoms with Gasteiger partial charge in [0, 0.05) is 13.1 Å². The van der Waals surface area contributed by atoms with E-state index in [1.165, 1.54) is 10.6 Å².